The highest BCUT2D eigenvalue weighted by atomic mass is 32.2. The van der Waals surface area contributed by atoms with E-state index in [0.29, 0.717) is 29.6 Å². The topological polar surface area (TPSA) is 140 Å². The number of ether oxygens (including phenoxy) is 1. The number of rotatable bonds is 10. The average Bonchev–Trinajstić information content (AvgIpc) is 3.38. The second-order valence-electron chi connectivity index (χ2n) is 12.2. The van der Waals surface area contributed by atoms with E-state index in [9.17, 15) is 13.2 Å². The van der Waals surface area contributed by atoms with Gasteiger partial charge in [-0.3, -0.25) is 4.31 Å². The van der Waals surface area contributed by atoms with Crippen LogP contribution in [0.15, 0.2) is 46.9 Å². The molecule has 0 radical (unpaired) electrons. The number of nitrogens with zero attached hydrogens (tertiary/aromatic N) is 4. The summed E-state index contributed by atoms with van der Waals surface area (Å²) in [6.07, 6.45) is 1.98. The highest BCUT2D eigenvalue weighted by Gasteiger charge is 2.38. The van der Waals surface area contributed by atoms with E-state index in [0.717, 1.165) is 22.5 Å². The molecule has 1 aliphatic rings. The molecule has 1 aromatic carbocycles. The van der Waals surface area contributed by atoms with Crippen molar-refractivity contribution in [2.45, 2.75) is 71.6 Å². The van der Waals surface area contributed by atoms with Crippen LogP contribution < -0.4 is 14.9 Å². The molecule has 2 aromatic heterocycles. The number of hydrogen-bond acceptors (Lipinski definition) is 9. The summed E-state index contributed by atoms with van der Waals surface area (Å²) in [5, 5.41) is 14.9. The van der Waals surface area contributed by atoms with E-state index in [1.54, 1.807) is 39.8 Å². The molecule has 0 spiro atoms. The number of sulfonamides is 1. The summed E-state index contributed by atoms with van der Waals surface area (Å²) in [4.78, 5) is 17.4. The number of nitrogens with one attached hydrogen (secondary N) is 2. The van der Waals surface area contributed by atoms with Crippen LogP contribution in [0.5, 0.6) is 0 Å². The number of alkyl carbamates (subject to hydrolysis) is 1. The monoisotopic (exact) mass is 584 g/mol. The Labute approximate surface area is 242 Å². The molecule has 3 aromatic rings. The largest absolute Gasteiger partial charge is 0.444 e. The van der Waals surface area contributed by atoms with Crippen LogP contribution >= 0.6 is 0 Å². The molecule has 0 aliphatic heterocycles. The van der Waals surface area contributed by atoms with E-state index in [2.05, 4.69) is 39.7 Å². The number of carbonyl (C=O) groups is 1. The quantitative estimate of drug-likeness (QED) is 0.338. The predicted octanol–water partition coefficient (Wildman–Crippen LogP) is 4.97. The second-order valence-corrected chi connectivity index (χ2v) is 14.2. The molecule has 2 heterocycles. The Kier molecular flexibility index (Phi) is 8.35. The van der Waals surface area contributed by atoms with Crippen molar-refractivity contribution in [2.75, 3.05) is 22.9 Å². The molecule has 1 aliphatic carbocycles. The van der Waals surface area contributed by atoms with Crippen molar-refractivity contribution in [2.24, 2.45) is 11.8 Å². The molecule has 0 bridgehead atoms. The second kappa shape index (κ2) is 11.3. The normalized spacial score (nSPS) is 19.1. The van der Waals surface area contributed by atoms with Gasteiger partial charge in [0, 0.05) is 25.1 Å². The Morgan fingerprint density at radius 3 is 2.41 bits per heavy atom. The lowest BCUT2D eigenvalue weighted by Crippen LogP contribution is -2.47. The molecular weight excluding hydrogens is 544 g/mol. The van der Waals surface area contributed by atoms with Gasteiger partial charge < -0.3 is 19.8 Å². The van der Waals surface area contributed by atoms with Gasteiger partial charge in [-0.15, -0.1) is 10.2 Å². The van der Waals surface area contributed by atoms with Crippen molar-refractivity contribution < 1.29 is 22.4 Å². The van der Waals surface area contributed by atoms with Gasteiger partial charge in [0.15, 0.2) is 0 Å². The number of amides is 1. The number of anilines is 2. The molecule has 1 fully saturated rings. The summed E-state index contributed by atoms with van der Waals surface area (Å²) in [6, 6.07) is 13.1. The summed E-state index contributed by atoms with van der Waals surface area (Å²) < 4.78 is 37.5. The van der Waals surface area contributed by atoms with E-state index in [1.807, 2.05) is 30.3 Å². The number of pyridine rings is 1. The SMILES string of the molecule is C[C@H](Nc1cc(-c2nnc([C@@](C)(Cc3ccccc3)NC(=O)OC(C)(C)C)o2)cc(N(C)S(C)(=O)=O)n1)[C@H]1C[C@@H]1C. The van der Waals surface area contributed by atoms with Gasteiger partial charge in [0.2, 0.25) is 21.8 Å². The van der Waals surface area contributed by atoms with E-state index in [1.165, 1.54) is 7.05 Å². The Balaban J connectivity index is 1.71. The molecule has 12 heteroatoms. The fourth-order valence-electron chi connectivity index (χ4n) is 4.70. The first-order valence-corrected chi connectivity index (χ1v) is 15.5. The van der Waals surface area contributed by atoms with Crippen molar-refractivity contribution in [1.82, 2.24) is 20.5 Å². The number of benzene rings is 1. The van der Waals surface area contributed by atoms with Gasteiger partial charge in [-0.25, -0.2) is 18.2 Å². The summed E-state index contributed by atoms with van der Waals surface area (Å²) in [7, 11) is -2.14. The molecule has 4 rings (SSSR count). The van der Waals surface area contributed by atoms with Gasteiger partial charge in [0.05, 0.1) is 6.26 Å². The zero-order valence-corrected chi connectivity index (χ0v) is 25.7. The van der Waals surface area contributed by atoms with E-state index >= 15 is 0 Å². The number of hydrogen-bond donors (Lipinski definition) is 2. The molecule has 222 valence electrons. The number of carbonyl (C=O) groups excluding carboxylic acids is 1. The smallest absolute Gasteiger partial charge is 0.408 e. The van der Waals surface area contributed by atoms with Gasteiger partial charge in [-0.1, -0.05) is 37.3 Å². The lowest BCUT2D eigenvalue weighted by atomic mass is 9.92. The minimum atomic E-state index is -3.58. The van der Waals surface area contributed by atoms with E-state index in [-0.39, 0.29) is 23.6 Å². The van der Waals surface area contributed by atoms with Crippen LogP contribution in [-0.4, -0.2) is 54.6 Å². The van der Waals surface area contributed by atoms with Crippen LogP contribution in [0.2, 0.25) is 0 Å². The highest BCUT2D eigenvalue weighted by molar-refractivity contribution is 7.92. The van der Waals surface area contributed by atoms with Crippen molar-refractivity contribution >= 4 is 27.8 Å². The van der Waals surface area contributed by atoms with E-state index in [4.69, 9.17) is 9.15 Å². The maximum atomic E-state index is 12.9. The first kappa shape index (κ1) is 30.3. The van der Waals surface area contributed by atoms with Crippen molar-refractivity contribution in [1.29, 1.82) is 0 Å². The Morgan fingerprint density at radius 1 is 1.17 bits per heavy atom. The fourth-order valence-corrected chi connectivity index (χ4v) is 5.14. The maximum Gasteiger partial charge on any atom is 0.408 e. The summed E-state index contributed by atoms with van der Waals surface area (Å²) in [6.45, 7) is 11.4. The molecule has 1 saturated carbocycles. The first-order chi connectivity index (χ1) is 19.0. The average molecular weight is 585 g/mol. The van der Waals surface area contributed by atoms with Gasteiger partial charge in [-0.05, 0) is 70.6 Å². The third-order valence-electron chi connectivity index (χ3n) is 7.14. The molecule has 1 amide bonds. The standard InChI is InChI=1S/C29H40N6O5S/c1-18-14-22(18)19(2)30-23-15-21(16-24(31-23)35(7)41(8,37)38)25-33-34-26(39-25)29(6,17-20-12-10-9-11-13-20)32-27(36)40-28(3,4)5/h9-13,15-16,18-19,22H,14,17H2,1-8H3,(H,30,31)(H,32,36)/t18-,19-,22-,29+/m0/s1. The molecular formula is C29H40N6O5S. The molecule has 41 heavy (non-hydrogen) atoms. The zero-order valence-electron chi connectivity index (χ0n) is 24.9. The van der Waals surface area contributed by atoms with Crippen LogP contribution in [0.1, 0.15) is 59.4 Å². The van der Waals surface area contributed by atoms with Gasteiger partial charge in [0.25, 0.3) is 0 Å². The van der Waals surface area contributed by atoms with Gasteiger partial charge in [-0.2, -0.15) is 0 Å². The van der Waals surface area contributed by atoms with E-state index < -0.39 is 27.3 Å². The van der Waals surface area contributed by atoms with Crippen LogP contribution in [0, 0.1) is 11.8 Å². The molecule has 4 atom stereocenters. The highest BCUT2D eigenvalue weighted by Crippen LogP contribution is 2.41. The van der Waals surface area contributed by atoms with Crippen molar-refractivity contribution in [3.05, 3.63) is 53.9 Å². The third-order valence-corrected chi connectivity index (χ3v) is 8.32. The van der Waals surface area contributed by atoms with Gasteiger partial charge in [0.1, 0.15) is 22.8 Å². The summed E-state index contributed by atoms with van der Waals surface area (Å²) >= 11 is 0. The van der Waals surface area contributed by atoms with Crippen LogP contribution in [0.25, 0.3) is 11.5 Å². The Bertz CT molecular complexity index is 1490. The minimum absolute atomic E-state index is 0.148. The van der Waals surface area contributed by atoms with Crippen molar-refractivity contribution in [3.63, 3.8) is 0 Å². The molecule has 0 unspecified atom stereocenters. The zero-order chi connectivity index (χ0) is 30.2. The predicted molar refractivity (Wildman–Crippen MR) is 158 cm³/mol. The Morgan fingerprint density at radius 2 is 1.83 bits per heavy atom. The molecule has 2 N–H and O–H groups in total. The lowest BCUT2D eigenvalue weighted by Gasteiger charge is -2.29. The summed E-state index contributed by atoms with van der Waals surface area (Å²) in [5.41, 5.74) is -0.370. The Hall–Kier alpha value is -3.67. The lowest BCUT2D eigenvalue weighted by molar-refractivity contribution is 0.0443. The molecule has 0 saturated heterocycles. The maximum absolute atomic E-state index is 12.9. The third kappa shape index (κ3) is 7.75. The van der Waals surface area contributed by atoms with Crippen LogP contribution in [0.4, 0.5) is 16.4 Å². The van der Waals surface area contributed by atoms with Crippen molar-refractivity contribution in [3.8, 4) is 11.5 Å². The van der Waals surface area contributed by atoms with Crippen LogP contribution in [-0.2, 0) is 26.7 Å². The first-order valence-electron chi connectivity index (χ1n) is 13.7. The van der Waals surface area contributed by atoms with Gasteiger partial charge >= 0.3 is 6.09 Å². The summed E-state index contributed by atoms with van der Waals surface area (Å²) in [5.74, 6) is 2.18. The van der Waals surface area contributed by atoms with Crippen LogP contribution in [0.3, 0.4) is 0 Å². The fraction of sp³-hybridized carbons (Fsp3) is 0.517. The minimum Gasteiger partial charge on any atom is -0.444 e. The molecule has 11 nitrogen and oxygen atoms in total. The number of aromatic nitrogens is 3.